The van der Waals surface area contributed by atoms with Crippen molar-refractivity contribution in [1.82, 2.24) is 10.4 Å². The van der Waals surface area contributed by atoms with Gasteiger partial charge in [-0.3, -0.25) is 0 Å². The molecular weight excluding hydrogens is 216 g/mol. The maximum atomic E-state index is 9.86. The molecule has 4 heteroatoms. The molecule has 2 aliphatic carbocycles. The Bertz CT molecular complexity index is 237. The summed E-state index contributed by atoms with van der Waals surface area (Å²) in [4.78, 5) is 0. The van der Waals surface area contributed by atoms with E-state index < -0.39 is 0 Å². The van der Waals surface area contributed by atoms with Gasteiger partial charge in [-0.2, -0.15) is 0 Å². The van der Waals surface area contributed by atoms with Gasteiger partial charge in [-0.25, -0.2) is 0 Å². The molecule has 2 aliphatic rings. The molecule has 2 fully saturated rings. The van der Waals surface area contributed by atoms with Gasteiger partial charge in [0.05, 0.1) is 12.1 Å². The van der Waals surface area contributed by atoms with Crippen LogP contribution in [0.5, 0.6) is 0 Å². The van der Waals surface area contributed by atoms with E-state index >= 15 is 0 Å². The molecule has 4 nitrogen and oxygen atoms in total. The highest BCUT2D eigenvalue weighted by Gasteiger charge is 2.37. The second-order valence-corrected chi connectivity index (χ2v) is 5.66. The molecule has 0 aliphatic heterocycles. The van der Waals surface area contributed by atoms with Gasteiger partial charge < -0.3 is 10.2 Å². The highest BCUT2D eigenvalue weighted by molar-refractivity contribution is 4.86. The molecule has 1 radical (unpaired) electrons. The summed E-state index contributed by atoms with van der Waals surface area (Å²) in [6, 6.07) is 0.730. The summed E-state index contributed by atoms with van der Waals surface area (Å²) in [6.07, 6.45) is 7.96. The number of aliphatic hydroxyl groups excluding tert-OH is 2. The van der Waals surface area contributed by atoms with E-state index in [1.54, 1.807) is 0 Å². The molecule has 0 bridgehead atoms. The molecule has 2 saturated carbocycles. The molecule has 4 atom stereocenters. The van der Waals surface area contributed by atoms with Crippen molar-refractivity contribution in [3.8, 4) is 0 Å². The van der Waals surface area contributed by atoms with Crippen LogP contribution in [0, 0.1) is 0 Å². The van der Waals surface area contributed by atoms with Gasteiger partial charge in [0.25, 0.3) is 0 Å². The van der Waals surface area contributed by atoms with Crippen molar-refractivity contribution >= 4 is 0 Å². The van der Waals surface area contributed by atoms with Gasteiger partial charge in [0.2, 0.25) is 0 Å². The van der Waals surface area contributed by atoms with Crippen molar-refractivity contribution in [3.05, 3.63) is 0 Å². The quantitative estimate of drug-likeness (QED) is 0.391. The number of likely N-dealkylation sites (N-methyl/N-ethyl adjacent to an activating group) is 1. The maximum Gasteiger partial charge on any atom is 0.179 e. The van der Waals surface area contributed by atoms with Gasteiger partial charge in [0.15, 0.2) is 6.04 Å². The predicted octanol–water partition coefficient (Wildman–Crippen LogP) is 0.868. The second-order valence-electron chi connectivity index (χ2n) is 5.66. The van der Waals surface area contributed by atoms with E-state index in [-0.39, 0.29) is 18.2 Å². The molecule has 0 spiro atoms. The fraction of sp³-hybridized carbons (Fsp3) is 1.00. The smallest absolute Gasteiger partial charge is 0.179 e. The Hall–Kier alpha value is -0.160. The summed E-state index contributed by atoms with van der Waals surface area (Å²) in [5.41, 5.74) is 3.51. The number of hydrogen-bond donors (Lipinski definition) is 3. The average molecular weight is 242 g/mol. The van der Waals surface area contributed by atoms with Crippen molar-refractivity contribution in [2.75, 3.05) is 7.05 Å². The van der Waals surface area contributed by atoms with E-state index in [4.69, 9.17) is 0 Å². The van der Waals surface area contributed by atoms with Gasteiger partial charge in [0, 0.05) is 6.42 Å². The maximum absolute atomic E-state index is 9.86. The minimum absolute atomic E-state index is 0.107. The van der Waals surface area contributed by atoms with Crippen molar-refractivity contribution in [3.63, 3.8) is 0 Å². The van der Waals surface area contributed by atoms with Crippen LogP contribution in [0.4, 0.5) is 0 Å². The zero-order valence-electron chi connectivity index (χ0n) is 10.8. The molecule has 0 aromatic rings. The molecule has 0 saturated heterocycles. The lowest BCUT2D eigenvalue weighted by Gasteiger charge is -2.21. The van der Waals surface area contributed by atoms with Crippen LogP contribution in [0.2, 0.25) is 0 Å². The second kappa shape index (κ2) is 6.14. The van der Waals surface area contributed by atoms with Crippen molar-refractivity contribution < 1.29 is 10.2 Å². The normalized spacial score (nSPS) is 39.5. The van der Waals surface area contributed by atoms with E-state index in [2.05, 4.69) is 10.4 Å². The zero-order valence-corrected chi connectivity index (χ0v) is 10.8. The zero-order chi connectivity index (χ0) is 12.3. The van der Waals surface area contributed by atoms with Crippen molar-refractivity contribution in [2.45, 2.75) is 75.7 Å². The molecule has 0 amide bonds. The molecule has 0 aromatic carbocycles. The first-order valence-electron chi connectivity index (χ1n) is 7.02. The predicted molar refractivity (Wildman–Crippen MR) is 67.7 cm³/mol. The van der Waals surface area contributed by atoms with Gasteiger partial charge in [-0.15, -0.1) is 5.43 Å². The Labute approximate surface area is 104 Å². The van der Waals surface area contributed by atoms with Gasteiger partial charge in [-0.05, 0) is 44.9 Å². The minimum atomic E-state index is -0.177. The average Bonchev–Trinajstić information content (AvgIpc) is 2.61. The molecular formula is C13H26N2O2+. The number of rotatable bonds is 3. The minimum Gasteiger partial charge on any atom is -0.393 e. The van der Waals surface area contributed by atoms with Crippen LogP contribution in [0.1, 0.15) is 51.4 Å². The molecule has 17 heavy (non-hydrogen) atoms. The largest absolute Gasteiger partial charge is 0.393 e. The number of aliphatic hydroxyl groups is 2. The van der Waals surface area contributed by atoms with Gasteiger partial charge >= 0.3 is 0 Å². The lowest BCUT2D eigenvalue weighted by molar-refractivity contribution is 0.0967. The van der Waals surface area contributed by atoms with Crippen molar-refractivity contribution in [1.29, 1.82) is 0 Å². The highest BCUT2D eigenvalue weighted by atomic mass is 16.3. The fourth-order valence-electron chi connectivity index (χ4n) is 3.17. The molecule has 99 valence electrons. The Morgan fingerprint density at radius 2 is 1.71 bits per heavy atom. The number of hydrogen-bond acceptors (Lipinski definition) is 4. The summed E-state index contributed by atoms with van der Waals surface area (Å²) < 4.78 is 0. The van der Waals surface area contributed by atoms with Crippen LogP contribution in [0.15, 0.2) is 0 Å². The van der Waals surface area contributed by atoms with E-state index in [1.165, 1.54) is 0 Å². The summed E-state index contributed by atoms with van der Waals surface area (Å²) in [5, 5.41) is 21.6. The topological polar surface area (TPSA) is 58.4 Å². The van der Waals surface area contributed by atoms with Gasteiger partial charge in [0.1, 0.15) is 13.2 Å². The molecule has 0 heterocycles. The third-order valence-corrected chi connectivity index (χ3v) is 4.27. The summed E-state index contributed by atoms with van der Waals surface area (Å²) >= 11 is 0. The van der Waals surface area contributed by atoms with Crippen LogP contribution in [0.25, 0.3) is 0 Å². The Balaban J connectivity index is 1.79. The number of nitrogens with zero attached hydrogens (tertiary/aromatic N) is 1. The van der Waals surface area contributed by atoms with E-state index in [0.29, 0.717) is 6.04 Å². The first kappa shape index (κ1) is 13.3. The van der Waals surface area contributed by atoms with Crippen LogP contribution in [-0.2, 0) is 0 Å². The Kier molecular flexibility index (Phi) is 4.79. The lowest BCUT2D eigenvalue weighted by atomic mass is 10.1. The van der Waals surface area contributed by atoms with Gasteiger partial charge in [-0.1, -0.05) is 5.01 Å². The monoisotopic (exact) mass is 242 g/mol. The van der Waals surface area contributed by atoms with Crippen LogP contribution in [-0.4, -0.2) is 41.6 Å². The van der Waals surface area contributed by atoms with Crippen LogP contribution >= 0.6 is 0 Å². The number of hydrazine groups is 1. The Morgan fingerprint density at radius 3 is 2.41 bits per heavy atom. The molecule has 4 unspecified atom stereocenters. The van der Waals surface area contributed by atoms with E-state index in [0.717, 1.165) is 51.4 Å². The van der Waals surface area contributed by atoms with Crippen LogP contribution in [0.3, 0.4) is 0 Å². The molecule has 0 aromatic heterocycles. The Morgan fingerprint density at radius 1 is 0.941 bits per heavy atom. The summed E-state index contributed by atoms with van der Waals surface area (Å²) in [6.45, 7) is 0. The third-order valence-electron chi connectivity index (χ3n) is 4.27. The highest BCUT2D eigenvalue weighted by Crippen LogP contribution is 2.23. The summed E-state index contributed by atoms with van der Waals surface area (Å²) in [5.74, 6) is 0. The van der Waals surface area contributed by atoms with E-state index in [1.807, 2.05) is 7.05 Å². The first-order chi connectivity index (χ1) is 8.16. The number of nitrogens with one attached hydrogen (secondary N) is 1. The first-order valence-corrected chi connectivity index (χ1v) is 7.02. The molecule has 2 rings (SSSR count). The van der Waals surface area contributed by atoms with Crippen LogP contribution < -0.4 is 10.4 Å². The summed E-state index contributed by atoms with van der Waals surface area (Å²) in [7, 11) is 2.04. The standard InChI is InChI=1S/C13H26N2O2/c1-15(12-6-3-7-13(12)17)14-10-4-2-5-11(16)9-8-10/h10-14,16-17H,2-9H2,1H3/q+1. The SMILES string of the molecule is C[N+](NC1CCCC(O)CC1)C1CCCC1O. The van der Waals surface area contributed by atoms with Crippen molar-refractivity contribution in [2.24, 2.45) is 0 Å². The lowest BCUT2D eigenvalue weighted by Crippen LogP contribution is -2.54. The molecule has 3 N–H and O–H groups in total. The third kappa shape index (κ3) is 3.65. The fourth-order valence-corrected chi connectivity index (χ4v) is 3.17. The van der Waals surface area contributed by atoms with E-state index in [9.17, 15) is 10.2 Å².